The fraction of sp³-hybridized carbons (Fsp3) is 0. The van der Waals surface area contributed by atoms with Crippen LogP contribution >= 0.6 is 0 Å². The quantitative estimate of drug-likeness (QED) is 0.330. The molecule has 3 aromatic carbocycles. The van der Waals surface area contributed by atoms with Crippen molar-refractivity contribution < 1.29 is 25.9 Å². The molecule has 0 fully saturated rings. The lowest BCUT2D eigenvalue weighted by Gasteiger charge is -2.08. The molecule has 0 spiro atoms. The Morgan fingerprint density at radius 3 is 2.21 bits per heavy atom. The Morgan fingerprint density at radius 1 is 0.821 bits per heavy atom. The third-order valence-corrected chi connectivity index (χ3v) is 5.81. The van der Waals surface area contributed by atoms with Crippen molar-refractivity contribution in [1.82, 2.24) is 15.0 Å². The summed E-state index contributed by atoms with van der Waals surface area (Å²) in [6, 6.07) is 11.1. The topological polar surface area (TPSA) is 165 Å². The normalized spacial score (nSPS) is 12.6. The van der Waals surface area contributed by atoms with E-state index >= 15 is 0 Å². The molecule has 0 radical (unpaired) electrons. The summed E-state index contributed by atoms with van der Waals surface area (Å²) in [4.78, 5) is -0.0622. The first-order chi connectivity index (χ1) is 13.0. The summed E-state index contributed by atoms with van der Waals surface area (Å²) < 4.78 is 65.2. The Bertz CT molecular complexity index is 1480. The summed E-state index contributed by atoms with van der Waals surface area (Å²) in [5.41, 5.74) is 7.68. The fourth-order valence-electron chi connectivity index (χ4n) is 2.82. The van der Waals surface area contributed by atoms with E-state index in [1.165, 1.54) is 23.0 Å². The number of nitrogen functional groups attached to an aromatic ring is 1. The summed E-state index contributed by atoms with van der Waals surface area (Å²) in [6.07, 6.45) is 0. The van der Waals surface area contributed by atoms with Crippen molar-refractivity contribution in [3.8, 4) is 5.69 Å². The lowest BCUT2D eigenvalue weighted by atomic mass is 10.1. The smallest absolute Gasteiger partial charge is 0.295 e. The molecule has 28 heavy (non-hydrogen) atoms. The van der Waals surface area contributed by atoms with Gasteiger partial charge in [-0.15, -0.1) is 10.2 Å². The van der Waals surface area contributed by atoms with Gasteiger partial charge in [0.25, 0.3) is 20.2 Å². The van der Waals surface area contributed by atoms with Crippen molar-refractivity contribution in [3.05, 3.63) is 48.5 Å². The second kappa shape index (κ2) is 5.97. The molecule has 0 amide bonds. The molecule has 0 aliphatic heterocycles. The van der Waals surface area contributed by atoms with Crippen LogP contribution in [-0.4, -0.2) is 40.9 Å². The summed E-state index contributed by atoms with van der Waals surface area (Å²) in [7, 11) is -9.46. The Labute approximate surface area is 158 Å². The van der Waals surface area contributed by atoms with Gasteiger partial charge in [0.05, 0.1) is 10.6 Å². The van der Waals surface area contributed by atoms with Crippen LogP contribution in [0, 0.1) is 0 Å². The van der Waals surface area contributed by atoms with Gasteiger partial charge in [-0.1, -0.05) is 6.07 Å². The van der Waals surface area contributed by atoms with E-state index in [2.05, 4.69) is 10.2 Å². The minimum absolute atomic E-state index is 0.0354. The van der Waals surface area contributed by atoms with E-state index in [1.807, 2.05) is 0 Å². The molecule has 4 aromatic rings. The van der Waals surface area contributed by atoms with Gasteiger partial charge in [0.2, 0.25) is 0 Å². The van der Waals surface area contributed by atoms with Gasteiger partial charge in [-0.05, 0) is 47.9 Å². The van der Waals surface area contributed by atoms with Crippen molar-refractivity contribution >= 4 is 47.7 Å². The molecule has 0 saturated carbocycles. The third kappa shape index (κ3) is 3.18. The molecule has 144 valence electrons. The average Bonchev–Trinajstić information content (AvgIpc) is 3.01. The second-order valence-corrected chi connectivity index (χ2v) is 8.83. The standard InChI is InChI=1S/C16H12N4O6S2/c17-10-2-4-14-15(6-10)19-20(18-14)11-3-1-9-5-12(27(21,22)23)8-16(13(9)7-11)28(24,25)26/h1-8H,17H2,(H,21,22,23)(H,24,25,26). The number of nitrogens with zero attached hydrogens (tertiary/aromatic N) is 3. The highest BCUT2D eigenvalue weighted by atomic mass is 32.2. The molecule has 12 heteroatoms. The van der Waals surface area contributed by atoms with E-state index in [4.69, 9.17) is 5.73 Å². The van der Waals surface area contributed by atoms with Crippen LogP contribution in [0.3, 0.4) is 0 Å². The van der Waals surface area contributed by atoms with E-state index in [0.717, 1.165) is 6.07 Å². The highest BCUT2D eigenvalue weighted by Gasteiger charge is 2.21. The summed E-state index contributed by atoms with van der Waals surface area (Å²) >= 11 is 0. The summed E-state index contributed by atoms with van der Waals surface area (Å²) in [6.45, 7) is 0. The largest absolute Gasteiger partial charge is 0.399 e. The van der Waals surface area contributed by atoms with Crippen LogP contribution in [0.4, 0.5) is 5.69 Å². The molecule has 1 heterocycles. The Morgan fingerprint density at radius 2 is 1.54 bits per heavy atom. The molecule has 0 aliphatic carbocycles. The van der Waals surface area contributed by atoms with E-state index < -0.39 is 30.0 Å². The Balaban J connectivity index is 1.99. The van der Waals surface area contributed by atoms with Gasteiger partial charge in [0.1, 0.15) is 15.9 Å². The first-order valence-electron chi connectivity index (χ1n) is 7.68. The van der Waals surface area contributed by atoms with Gasteiger partial charge in [0.15, 0.2) is 0 Å². The first kappa shape index (κ1) is 18.3. The predicted molar refractivity (Wildman–Crippen MR) is 100 cm³/mol. The van der Waals surface area contributed by atoms with Crippen molar-refractivity contribution in [2.45, 2.75) is 9.79 Å². The minimum atomic E-state index is -4.78. The van der Waals surface area contributed by atoms with Crippen LogP contribution in [0.2, 0.25) is 0 Å². The maximum absolute atomic E-state index is 11.8. The molecule has 0 unspecified atom stereocenters. The zero-order valence-corrected chi connectivity index (χ0v) is 15.5. The number of rotatable bonds is 3. The maximum Gasteiger partial charge on any atom is 0.295 e. The second-order valence-electron chi connectivity index (χ2n) is 6.01. The molecule has 4 N–H and O–H groups in total. The predicted octanol–water partition coefficient (Wildman–Crippen LogP) is 1.65. The van der Waals surface area contributed by atoms with E-state index in [-0.39, 0.29) is 10.8 Å². The van der Waals surface area contributed by atoms with Gasteiger partial charge in [-0.25, -0.2) is 0 Å². The average molecular weight is 420 g/mol. The number of hydrogen-bond donors (Lipinski definition) is 3. The highest BCUT2D eigenvalue weighted by molar-refractivity contribution is 7.86. The molecular weight excluding hydrogens is 408 g/mol. The van der Waals surface area contributed by atoms with E-state index in [9.17, 15) is 25.9 Å². The van der Waals surface area contributed by atoms with Crippen molar-refractivity contribution in [2.75, 3.05) is 5.73 Å². The number of hydrogen-bond acceptors (Lipinski definition) is 7. The molecule has 0 bridgehead atoms. The number of fused-ring (bicyclic) bond motifs is 2. The van der Waals surface area contributed by atoms with Gasteiger partial charge in [-0.2, -0.15) is 21.6 Å². The molecule has 4 rings (SSSR count). The number of benzene rings is 3. The van der Waals surface area contributed by atoms with Crippen LogP contribution < -0.4 is 5.73 Å². The number of nitrogens with two attached hydrogens (primary N) is 1. The lowest BCUT2D eigenvalue weighted by molar-refractivity contribution is 0.482. The third-order valence-electron chi connectivity index (χ3n) is 4.08. The van der Waals surface area contributed by atoms with Crippen LogP contribution in [0.5, 0.6) is 0 Å². The summed E-state index contributed by atoms with van der Waals surface area (Å²) in [5.74, 6) is 0. The van der Waals surface area contributed by atoms with Crippen molar-refractivity contribution in [2.24, 2.45) is 0 Å². The Hall–Kier alpha value is -3.06. The van der Waals surface area contributed by atoms with Gasteiger partial charge < -0.3 is 5.73 Å². The molecule has 0 saturated heterocycles. The minimum Gasteiger partial charge on any atom is -0.399 e. The van der Waals surface area contributed by atoms with Crippen LogP contribution in [0.25, 0.3) is 27.5 Å². The lowest BCUT2D eigenvalue weighted by Crippen LogP contribution is -2.05. The SMILES string of the molecule is Nc1ccc2nn(-c3ccc4cc(S(=O)(=O)O)cc(S(=O)(=O)O)c4c3)nc2c1. The molecule has 0 aliphatic rings. The first-order valence-corrected chi connectivity index (χ1v) is 10.6. The monoisotopic (exact) mass is 420 g/mol. The van der Waals surface area contributed by atoms with Crippen molar-refractivity contribution in [1.29, 1.82) is 0 Å². The number of anilines is 1. The Kier molecular flexibility index (Phi) is 3.90. The van der Waals surface area contributed by atoms with Crippen LogP contribution in [-0.2, 0) is 20.2 Å². The molecule has 0 atom stereocenters. The zero-order chi connectivity index (χ0) is 20.3. The van der Waals surface area contributed by atoms with Crippen molar-refractivity contribution in [3.63, 3.8) is 0 Å². The summed E-state index contributed by atoms with van der Waals surface area (Å²) in [5, 5.41) is 8.77. The van der Waals surface area contributed by atoms with Crippen LogP contribution in [0.15, 0.2) is 58.3 Å². The highest BCUT2D eigenvalue weighted by Crippen LogP contribution is 2.29. The van der Waals surface area contributed by atoms with Gasteiger partial charge in [-0.3, -0.25) is 9.11 Å². The van der Waals surface area contributed by atoms with Gasteiger partial charge >= 0.3 is 0 Å². The van der Waals surface area contributed by atoms with E-state index in [1.54, 1.807) is 18.2 Å². The number of aromatic nitrogens is 3. The maximum atomic E-state index is 11.8. The molecular formula is C16H12N4O6S2. The zero-order valence-electron chi connectivity index (χ0n) is 13.9. The van der Waals surface area contributed by atoms with E-state index in [0.29, 0.717) is 28.5 Å². The molecule has 1 aromatic heterocycles. The van der Waals surface area contributed by atoms with Gasteiger partial charge in [0, 0.05) is 11.1 Å². The molecule has 10 nitrogen and oxygen atoms in total. The fourth-order valence-corrected chi connectivity index (χ4v) is 4.17. The van der Waals surface area contributed by atoms with Crippen LogP contribution in [0.1, 0.15) is 0 Å².